The Balaban J connectivity index is 2.93. The van der Waals surface area contributed by atoms with Gasteiger partial charge in [-0.15, -0.1) is 0 Å². The van der Waals surface area contributed by atoms with Gasteiger partial charge in [-0.3, -0.25) is 9.59 Å². The van der Waals surface area contributed by atoms with Gasteiger partial charge in [-0.2, -0.15) is 4.72 Å². The number of carboxylic acid groups (broad SMARTS) is 2. The van der Waals surface area contributed by atoms with Gasteiger partial charge >= 0.3 is 11.9 Å². The standard InChI is InChI=1S/C8H11N3O6S/c1-11-3-6(9-4-11)18(16,17)10-5(8(14)15)2-7(12)13/h3-5,10H,2H2,1H3,(H,12,13)(H,14,15)/t5-/m1/s1. The highest BCUT2D eigenvalue weighted by atomic mass is 32.2. The Morgan fingerprint density at radius 3 is 2.50 bits per heavy atom. The maximum absolute atomic E-state index is 11.7. The zero-order valence-electron chi connectivity index (χ0n) is 9.27. The van der Waals surface area contributed by atoms with Crippen molar-refractivity contribution in [3.05, 3.63) is 12.5 Å². The van der Waals surface area contributed by atoms with Crippen LogP contribution in [0.3, 0.4) is 0 Å². The van der Waals surface area contributed by atoms with Crippen LogP contribution >= 0.6 is 0 Å². The van der Waals surface area contributed by atoms with Gasteiger partial charge < -0.3 is 14.8 Å². The molecule has 0 saturated heterocycles. The summed E-state index contributed by atoms with van der Waals surface area (Å²) in [6.07, 6.45) is 1.53. The Bertz CT molecular complexity index is 563. The number of hydrogen-bond acceptors (Lipinski definition) is 5. The van der Waals surface area contributed by atoms with Crippen molar-refractivity contribution in [3.8, 4) is 0 Å². The molecule has 1 aromatic heterocycles. The molecule has 0 fully saturated rings. The van der Waals surface area contributed by atoms with Crippen molar-refractivity contribution in [2.75, 3.05) is 0 Å². The molecule has 0 aliphatic heterocycles. The molecule has 0 aromatic carbocycles. The summed E-state index contributed by atoms with van der Waals surface area (Å²) in [4.78, 5) is 24.7. The van der Waals surface area contributed by atoms with E-state index >= 15 is 0 Å². The minimum Gasteiger partial charge on any atom is -0.481 e. The highest BCUT2D eigenvalue weighted by molar-refractivity contribution is 7.89. The van der Waals surface area contributed by atoms with E-state index in [2.05, 4.69) is 4.98 Å². The highest BCUT2D eigenvalue weighted by Crippen LogP contribution is 2.06. The number of hydrogen-bond donors (Lipinski definition) is 3. The molecule has 1 rings (SSSR count). The summed E-state index contributed by atoms with van der Waals surface area (Å²) < 4.78 is 26.5. The van der Waals surface area contributed by atoms with Gasteiger partial charge in [0.25, 0.3) is 10.0 Å². The molecule has 0 radical (unpaired) electrons. The van der Waals surface area contributed by atoms with Gasteiger partial charge in [0.15, 0.2) is 5.03 Å². The molecule has 1 atom stereocenters. The second-order valence-corrected chi connectivity index (χ2v) is 5.15. The molecule has 0 amide bonds. The third-order valence-electron chi connectivity index (χ3n) is 1.93. The maximum Gasteiger partial charge on any atom is 0.322 e. The SMILES string of the molecule is Cn1cnc(S(=O)(=O)N[C@H](CC(=O)O)C(=O)O)c1. The van der Waals surface area contributed by atoms with E-state index in [4.69, 9.17) is 10.2 Å². The molecule has 9 nitrogen and oxygen atoms in total. The number of imidazole rings is 1. The van der Waals surface area contributed by atoms with Gasteiger partial charge in [0.1, 0.15) is 6.04 Å². The van der Waals surface area contributed by atoms with E-state index in [1.807, 2.05) is 0 Å². The molecular formula is C8H11N3O6S. The molecule has 0 spiro atoms. The highest BCUT2D eigenvalue weighted by Gasteiger charge is 2.28. The number of carboxylic acids is 2. The van der Waals surface area contributed by atoms with Crippen LogP contribution in [0, 0.1) is 0 Å². The van der Waals surface area contributed by atoms with Crippen molar-refractivity contribution >= 4 is 22.0 Å². The van der Waals surface area contributed by atoms with Gasteiger partial charge in [0.2, 0.25) is 0 Å². The summed E-state index contributed by atoms with van der Waals surface area (Å²) in [6, 6.07) is -1.74. The summed E-state index contributed by atoms with van der Waals surface area (Å²) in [7, 11) is -2.62. The van der Waals surface area contributed by atoms with E-state index in [0.717, 1.165) is 0 Å². The van der Waals surface area contributed by atoms with E-state index in [1.165, 1.54) is 24.1 Å². The Kier molecular flexibility index (Phi) is 4.03. The van der Waals surface area contributed by atoms with Crippen LogP contribution in [-0.2, 0) is 26.7 Å². The smallest absolute Gasteiger partial charge is 0.322 e. The first-order valence-corrected chi connectivity index (χ1v) is 6.15. The van der Waals surface area contributed by atoms with Crippen LogP contribution in [-0.4, -0.2) is 46.2 Å². The molecule has 0 bridgehead atoms. The molecule has 18 heavy (non-hydrogen) atoms. The van der Waals surface area contributed by atoms with Crippen LogP contribution in [0.15, 0.2) is 17.6 Å². The summed E-state index contributed by atoms with van der Waals surface area (Å²) in [5.41, 5.74) is 0. The zero-order chi connectivity index (χ0) is 13.9. The zero-order valence-corrected chi connectivity index (χ0v) is 10.1. The lowest BCUT2D eigenvalue weighted by molar-refractivity contribution is -0.145. The number of aliphatic carboxylic acids is 2. The Morgan fingerprint density at radius 2 is 2.11 bits per heavy atom. The number of sulfonamides is 1. The van der Waals surface area contributed by atoms with Crippen molar-refractivity contribution in [2.45, 2.75) is 17.5 Å². The molecule has 1 heterocycles. The van der Waals surface area contributed by atoms with Crippen molar-refractivity contribution in [1.29, 1.82) is 0 Å². The van der Waals surface area contributed by atoms with Crippen LogP contribution in [0.1, 0.15) is 6.42 Å². The van der Waals surface area contributed by atoms with Crippen molar-refractivity contribution in [3.63, 3.8) is 0 Å². The lowest BCUT2D eigenvalue weighted by Gasteiger charge is -2.11. The van der Waals surface area contributed by atoms with E-state index in [-0.39, 0.29) is 5.03 Å². The van der Waals surface area contributed by atoms with E-state index < -0.39 is 34.4 Å². The fraction of sp³-hybridized carbons (Fsp3) is 0.375. The molecule has 0 aliphatic carbocycles. The van der Waals surface area contributed by atoms with Gasteiger partial charge in [-0.25, -0.2) is 13.4 Å². The van der Waals surface area contributed by atoms with Crippen LogP contribution in [0.4, 0.5) is 0 Å². The largest absolute Gasteiger partial charge is 0.481 e. The van der Waals surface area contributed by atoms with E-state index in [1.54, 1.807) is 4.72 Å². The number of aromatic nitrogens is 2. The average Bonchev–Trinajstić information content (AvgIpc) is 2.63. The lowest BCUT2D eigenvalue weighted by atomic mass is 10.2. The van der Waals surface area contributed by atoms with Crippen molar-refractivity contribution < 1.29 is 28.2 Å². The first kappa shape index (κ1) is 14.1. The Hall–Kier alpha value is -1.94. The van der Waals surface area contributed by atoms with Crippen LogP contribution in [0.25, 0.3) is 0 Å². The maximum atomic E-state index is 11.7. The summed E-state index contributed by atoms with van der Waals surface area (Å²) in [6.45, 7) is 0. The normalized spacial score (nSPS) is 13.2. The van der Waals surface area contributed by atoms with Gasteiger partial charge in [-0.1, -0.05) is 0 Å². The average molecular weight is 277 g/mol. The van der Waals surface area contributed by atoms with Crippen LogP contribution in [0.2, 0.25) is 0 Å². The molecule has 0 saturated carbocycles. The molecule has 10 heteroatoms. The Labute approximate surface area is 102 Å². The molecule has 3 N–H and O–H groups in total. The predicted octanol–water partition coefficient (Wildman–Crippen LogP) is -1.37. The second-order valence-electron chi connectivity index (χ2n) is 3.49. The number of nitrogens with zero attached hydrogens (tertiary/aromatic N) is 2. The van der Waals surface area contributed by atoms with E-state index in [0.29, 0.717) is 0 Å². The molecule has 0 unspecified atom stereocenters. The minimum absolute atomic E-state index is 0.373. The molecule has 1 aromatic rings. The van der Waals surface area contributed by atoms with E-state index in [9.17, 15) is 18.0 Å². The lowest BCUT2D eigenvalue weighted by Crippen LogP contribution is -2.42. The molecule has 0 aliphatic rings. The van der Waals surface area contributed by atoms with Gasteiger partial charge in [0, 0.05) is 13.2 Å². The molecular weight excluding hydrogens is 266 g/mol. The second kappa shape index (κ2) is 5.14. The number of nitrogens with one attached hydrogen (secondary N) is 1. The van der Waals surface area contributed by atoms with Crippen molar-refractivity contribution in [1.82, 2.24) is 14.3 Å². The first-order chi connectivity index (χ1) is 8.22. The quantitative estimate of drug-likeness (QED) is 0.582. The topological polar surface area (TPSA) is 139 Å². The van der Waals surface area contributed by atoms with Crippen LogP contribution in [0.5, 0.6) is 0 Å². The van der Waals surface area contributed by atoms with Crippen molar-refractivity contribution in [2.24, 2.45) is 7.05 Å². The van der Waals surface area contributed by atoms with Gasteiger partial charge in [-0.05, 0) is 0 Å². The predicted molar refractivity (Wildman–Crippen MR) is 57.2 cm³/mol. The first-order valence-electron chi connectivity index (χ1n) is 4.67. The monoisotopic (exact) mass is 277 g/mol. The fourth-order valence-electron chi connectivity index (χ4n) is 1.13. The fourth-order valence-corrected chi connectivity index (χ4v) is 2.30. The summed E-state index contributed by atoms with van der Waals surface area (Å²) in [5, 5.41) is 16.8. The minimum atomic E-state index is -4.16. The Morgan fingerprint density at radius 1 is 1.50 bits per heavy atom. The number of rotatable bonds is 6. The third-order valence-corrected chi connectivity index (χ3v) is 3.29. The number of carbonyl (C=O) groups is 2. The molecule has 100 valence electrons. The van der Waals surface area contributed by atoms with Gasteiger partial charge in [0.05, 0.1) is 12.7 Å². The summed E-state index contributed by atoms with van der Waals surface area (Å²) >= 11 is 0. The third kappa shape index (κ3) is 3.53. The number of aryl methyl sites for hydroxylation is 1. The summed E-state index contributed by atoms with van der Waals surface area (Å²) in [5.74, 6) is -3.00. The van der Waals surface area contributed by atoms with Crippen LogP contribution < -0.4 is 4.72 Å².